The predicted molar refractivity (Wildman–Crippen MR) is 83.8 cm³/mol. The number of carbonyl (C=O) groups is 2. The van der Waals surface area contributed by atoms with E-state index in [1.807, 2.05) is 0 Å². The summed E-state index contributed by atoms with van der Waals surface area (Å²) in [7, 11) is 1.27. The van der Waals surface area contributed by atoms with Gasteiger partial charge in [0.25, 0.3) is 0 Å². The van der Waals surface area contributed by atoms with E-state index in [-0.39, 0.29) is 5.91 Å². The van der Waals surface area contributed by atoms with Gasteiger partial charge in [-0.25, -0.2) is 9.18 Å². The number of amides is 2. The Bertz CT molecular complexity index is 643. The molecule has 0 spiro atoms. The number of aliphatic hydroxyl groups excluding tert-OH is 1. The molecule has 24 heavy (non-hydrogen) atoms. The Morgan fingerprint density at radius 3 is 2.62 bits per heavy atom. The molecule has 6 nitrogen and oxygen atoms in total. The van der Waals surface area contributed by atoms with Crippen molar-refractivity contribution in [3.05, 3.63) is 35.1 Å². The summed E-state index contributed by atoms with van der Waals surface area (Å²) < 4.78 is 18.5. The number of fused-ring (bicyclic) bond motifs is 1. The summed E-state index contributed by atoms with van der Waals surface area (Å²) in [4.78, 5) is 28.1. The molecule has 1 unspecified atom stereocenters. The molecule has 0 bridgehead atoms. The first-order valence-electron chi connectivity index (χ1n) is 8.11. The van der Waals surface area contributed by atoms with Crippen molar-refractivity contribution in [2.45, 2.75) is 31.4 Å². The van der Waals surface area contributed by atoms with Crippen LogP contribution in [0.1, 0.15) is 30.0 Å². The van der Waals surface area contributed by atoms with Crippen LogP contribution in [0.2, 0.25) is 0 Å². The lowest BCUT2D eigenvalue weighted by Gasteiger charge is -2.39. The van der Waals surface area contributed by atoms with Crippen molar-refractivity contribution >= 4 is 12.0 Å². The van der Waals surface area contributed by atoms with Gasteiger partial charge in [0.05, 0.1) is 13.2 Å². The van der Waals surface area contributed by atoms with Gasteiger partial charge in [-0.15, -0.1) is 0 Å². The maximum absolute atomic E-state index is 13.7. The van der Waals surface area contributed by atoms with E-state index in [0.29, 0.717) is 44.5 Å². The Morgan fingerprint density at radius 1 is 1.25 bits per heavy atom. The fourth-order valence-corrected chi connectivity index (χ4v) is 3.43. The molecule has 1 fully saturated rings. The lowest BCUT2D eigenvalue weighted by Crippen LogP contribution is -2.50. The van der Waals surface area contributed by atoms with Crippen LogP contribution in [0, 0.1) is 5.82 Å². The number of methoxy groups -OCH3 is 1. The van der Waals surface area contributed by atoms with Crippen LogP contribution in [-0.4, -0.2) is 59.8 Å². The van der Waals surface area contributed by atoms with Crippen molar-refractivity contribution in [3.63, 3.8) is 0 Å². The van der Waals surface area contributed by atoms with Crippen molar-refractivity contribution in [2.75, 3.05) is 26.7 Å². The third-order valence-corrected chi connectivity index (χ3v) is 4.76. The second kappa shape index (κ2) is 6.76. The smallest absolute Gasteiger partial charge is 0.410 e. The highest BCUT2D eigenvalue weighted by atomic mass is 19.1. The summed E-state index contributed by atoms with van der Waals surface area (Å²) in [6.45, 7) is 1.20. The molecule has 1 N–H and O–H groups in total. The molecule has 0 aliphatic carbocycles. The van der Waals surface area contributed by atoms with E-state index in [4.69, 9.17) is 4.74 Å². The average Bonchev–Trinajstić information content (AvgIpc) is 2.60. The van der Waals surface area contributed by atoms with Gasteiger partial charge in [0.1, 0.15) is 11.9 Å². The average molecular weight is 336 g/mol. The number of ether oxygens (including phenoxy) is 1. The summed E-state index contributed by atoms with van der Waals surface area (Å²) in [5.41, 5.74) is 1.38. The van der Waals surface area contributed by atoms with Gasteiger partial charge in [-0.2, -0.15) is 0 Å². The molecular formula is C17H21FN2O4. The van der Waals surface area contributed by atoms with Gasteiger partial charge in [0.15, 0.2) is 0 Å². The summed E-state index contributed by atoms with van der Waals surface area (Å²) in [6.07, 6.45) is 0.564. The van der Waals surface area contributed by atoms with Crippen molar-refractivity contribution < 1.29 is 23.8 Å². The topological polar surface area (TPSA) is 70.1 Å². The molecule has 1 atom stereocenters. The Labute approximate surface area is 139 Å². The van der Waals surface area contributed by atoms with Crippen molar-refractivity contribution in [1.82, 2.24) is 9.80 Å². The fraction of sp³-hybridized carbons (Fsp3) is 0.529. The molecule has 2 heterocycles. The first kappa shape index (κ1) is 16.7. The number of piperidine rings is 1. The minimum atomic E-state index is -0.882. The van der Waals surface area contributed by atoms with Crippen LogP contribution in [0.3, 0.4) is 0 Å². The molecule has 2 amide bonds. The monoisotopic (exact) mass is 336 g/mol. The molecule has 0 aromatic heterocycles. The van der Waals surface area contributed by atoms with Gasteiger partial charge in [-0.05, 0) is 42.5 Å². The Hall–Kier alpha value is -2.15. The second-order valence-electron chi connectivity index (χ2n) is 6.22. The van der Waals surface area contributed by atoms with Gasteiger partial charge in [-0.3, -0.25) is 9.69 Å². The minimum absolute atomic E-state index is 0.251. The van der Waals surface area contributed by atoms with E-state index in [1.165, 1.54) is 24.1 Å². The van der Waals surface area contributed by atoms with Crippen LogP contribution in [0.15, 0.2) is 18.2 Å². The molecule has 1 saturated heterocycles. The summed E-state index contributed by atoms with van der Waals surface area (Å²) >= 11 is 0. The minimum Gasteiger partial charge on any atom is -0.453 e. The van der Waals surface area contributed by atoms with Gasteiger partial charge >= 0.3 is 6.09 Å². The number of benzene rings is 1. The number of hydrogen-bond donors (Lipinski definition) is 1. The number of nitrogens with zero attached hydrogens (tertiary/aromatic N) is 2. The third-order valence-electron chi connectivity index (χ3n) is 4.76. The number of likely N-dealkylation sites (tertiary alicyclic amines) is 1. The summed E-state index contributed by atoms with van der Waals surface area (Å²) in [5, 5.41) is 9.62. The number of halogens is 1. The second-order valence-corrected chi connectivity index (χ2v) is 6.22. The van der Waals surface area contributed by atoms with Gasteiger partial charge < -0.3 is 14.7 Å². The van der Waals surface area contributed by atoms with Gasteiger partial charge in [0, 0.05) is 19.6 Å². The summed E-state index contributed by atoms with van der Waals surface area (Å²) in [6, 6.07) is 3.48. The maximum Gasteiger partial charge on any atom is 0.410 e. The zero-order valence-electron chi connectivity index (χ0n) is 13.6. The molecule has 3 rings (SSSR count). The normalized spacial score (nSPS) is 21.4. The fourth-order valence-electron chi connectivity index (χ4n) is 3.43. The lowest BCUT2D eigenvalue weighted by atomic mass is 9.91. The first-order valence-corrected chi connectivity index (χ1v) is 8.11. The molecule has 1 aromatic carbocycles. The van der Waals surface area contributed by atoms with Crippen molar-refractivity contribution in [2.24, 2.45) is 0 Å². The Balaban J connectivity index is 1.94. The molecule has 0 saturated carbocycles. The molecule has 130 valence electrons. The van der Waals surface area contributed by atoms with Crippen LogP contribution in [0.4, 0.5) is 9.18 Å². The number of carbonyl (C=O) groups excluding carboxylic acids is 2. The van der Waals surface area contributed by atoms with E-state index < -0.39 is 24.1 Å². The number of aliphatic hydroxyl groups is 1. The summed E-state index contributed by atoms with van der Waals surface area (Å²) in [5.74, 6) is -0.689. The van der Waals surface area contributed by atoms with E-state index in [1.54, 1.807) is 11.0 Å². The van der Waals surface area contributed by atoms with E-state index in [0.717, 1.165) is 5.56 Å². The first-order chi connectivity index (χ1) is 11.5. The molecule has 7 heteroatoms. The highest BCUT2D eigenvalue weighted by Crippen LogP contribution is 2.33. The standard InChI is InChI=1S/C17H21FN2O4/c1-24-17(23)20-9-4-11-2-3-12(18)10-14(11)15(20)16(22)19-7-5-13(21)6-8-19/h2-3,10,13,15,21H,4-9H2,1H3. The van der Waals surface area contributed by atoms with Crippen molar-refractivity contribution in [1.29, 1.82) is 0 Å². The quantitative estimate of drug-likeness (QED) is 0.843. The van der Waals surface area contributed by atoms with Gasteiger partial charge in [-0.1, -0.05) is 6.07 Å². The van der Waals surface area contributed by atoms with E-state index >= 15 is 0 Å². The number of hydrogen-bond acceptors (Lipinski definition) is 4. The lowest BCUT2D eigenvalue weighted by molar-refractivity contribution is -0.139. The zero-order valence-corrected chi connectivity index (χ0v) is 13.6. The highest BCUT2D eigenvalue weighted by molar-refractivity contribution is 5.88. The third kappa shape index (κ3) is 3.08. The Kier molecular flexibility index (Phi) is 4.71. The molecular weight excluding hydrogens is 315 g/mol. The van der Waals surface area contributed by atoms with Gasteiger partial charge in [0.2, 0.25) is 5.91 Å². The van der Waals surface area contributed by atoms with Crippen LogP contribution in [0.25, 0.3) is 0 Å². The largest absolute Gasteiger partial charge is 0.453 e. The van der Waals surface area contributed by atoms with E-state index in [2.05, 4.69) is 0 Å². The molecule has 1 aromatic rings. The van der Waals surface area contributed by atoms with Crippen molar-refractivity contribution in [3.8, 4) is 0 Å². The van der Waals surface area contributed by atoms with Crippen LogP contribution >= 0.6 is 0 Å². The number of rotatable bonds is 1. The molecule has 2 aliphatic rings. The SMILES string of the molecule is COC(=O)N1CCc2ccc(F)cc2C1C(=O)N1CCC(O)CC1. The predicted octanol–water partition coefficient (Wildman–Crippen LogP) is 1.47. The van der Waals surface area contributed by atoms with Crippen LogP contribution in [-0.2, 0) is 16.0 Å². The molecule has 2 aliphatic heterocycles. The van der Waals surface area contributed by atoms with Crippen LogP contribution < -0.4 is 0 Å². The zero-order chi connectivity index (χ0) is 17.3. The highest BCUT2D eigenvalue weighted by Gasteiger charge is 2.39. The van der Waals surface area contributed by atoms with Crippen LogP contribution in [0.5, 0.6) is 0 Å². The van der Waals surface area contributed by atoms with E-state index in [9.17, 15) is 19.1 Å². The molecule has 0 radical (unpaired) electrons. The Morgan fingerprint density at radius 2 is 1.96 bits per heavy atom. The maximum atomic E-state index is 13.7.